The monoisotopic (exact) mass is 343 g/mol. The first-order valence-electron chi connectivity index (χ1n) is 8.06. The quantitative estimate of drug-likeness (QED) is 0.718. The summed E-state index contributed by atoms with van der Waals surface area (Å²) >= 11 is 0. The lowest BCUT2D eigenvalue weighted by Crippen LogP contribution is -1.99. The number of rotatable bonds is 4. The maximum Gasteiger partial charge on any atom is 0.335 e. The largest absolute Gasteiger partial charge is 0.478 e. The summed E-state index contributed by atoms with van der Waals surface area (Å²) < 4.78 is 2.08. The highest BCUT2D eigenvalue weighted by Crippen LogP contribution is 2.25. The second-order valence-corrected chi connectivity index (χ2v) is 5.93. The summed E-state index contributed by atoms with van der Waals surface area (Å²) in [5.74, 6) is -0.987. The molecule has 1 N–H and O–H groups in total. The molecule has 1 aromatic carbocycles. The van der Waals surface area contributed by atoms with Crippen LogP contribution in [0, 0.1) is 25.2 Å². The third kappa shape index (κ3) is 3.26. The van der Waals surface area contributed by atoms with Crippen LogP contribution in [0.1, 0.15) is 32.9 Å². The number of benzene rings is 1. The number of carboxylic acid groups (broad SMARTS) is 1. The zero-order valence-corrected chi connectivity index (χ0v) is 14.5. The van der Waals surface area contributed by atoms with E-state index in [0.29, 0.717) is 11.1 Å². The fourth-order valence-corrected chi connectivity index (χ4v) is 2.95. The highest BCUT2D eigenvalue weighted by molar-refractivity contribution is 5.92. The molecule has 0 aliphatic carbocycles. The van der Waals surface area contributed by atoms with Gasteiger partial charge in [0.2, 0.25) is 0 Å². The van der Waals surface area contributed by atoms with E-state index in [4.69, 9.17) is 5.11 Å². The minimum absolute atomic E-state index is 0.195. The van der Waals surface area contributed by atoms with E-state index < -0.39 is 5.97 Å². The Labute approximate surface area is 151 Å². The molecule has 0 unspecified atom stereocenters. The van der Waals surface area contributed by atoms with Crippen molar-refractivity contribution in [1.82, 2.24) is 9.55 Å². The molecule has 128 valence electrons. The van der Waals surface area contributed by atoms with E-state index in [0.717, 1.165) is 22.6 Å². The van der Waals surface area contributed by atoms with Crippen LogP contribution in [0.25, 0.3) is 17.3 Å². The number of hydrogen-bond acceptors (Lipinski definition) is 3. The van der Waals surface area contributed by atoms with Crippen LogP contribution in [0.4, 0.5) is 0 Å². The van der Waals surface area contributed by atoms with Crippen LogP contribution in [-0.2, 0) is 0 Å². The first-order chi connectivity index (χ1) is 12.5. The van der Waals surface area contributed by atoms with Gasteiger partial charge in [-0.25, -0.2) is 4.79 Å². The Morgan fingerprint density at radius 3 is 2.46 bits per heavy atom. The first-order valence-corrected chi connectivity index (χ1v) is 8.06. The number of nitrogens with zero attached hydrogens (tertiary/aromatic N) is 3. The molecule has 26 heavy (non-hydrogen) atoms. The fraction of sp³-hybridized carbons (Fsp3) is 0.0952. The molecule has 0 spiro atoms. The molecule has 0 amide bonds. The lowest BCUT2D eigenvalue weighted by Gasteiger charge is -2.08. The molecular weight excluding hydrogens is 326 g/mol. The van der Waals surface area contributed by atoms with E-state index in [1.165, 1.54) is 12.1 Å². The standard InChI is InChI=1S/C21H17N3O2/c1-14-10-18(15(2)24(14)20-4-3-9-23-13-20)11-19(12-22)16-5-7-17(8-6-16)21(25)26/h3-11,13H,1-2H3,(H,25,26)/b19-11-. The van der Waals surface area contributed by atoms with Crippen molar-refractivity contribution in [2.24, 2.45) is 0 Å². The maximum absolute atomic E-state index is 11.0. The number of aromatic nitrogens is 2. The average molecular weight is 343 g/mol. The lowest BCUT2D eigenvalue weighted by atomic mass is 10.0. The predicted molar refractivity (Wildman–Crippen MR) is 99.9 cm³/mol. The van der Waals surface area contributed by atoms with Crippen molar-refractivity contribution < 1.29 is 9.90 Å². The van der Waals surface area contributed by atoms with Gasteiger partial charge in [-0.1, -0.05) is 12.1 Å². The van der Waals surface area contributed by atoms with Gasteiger partial charge in [-0.3, -0.25) is 4.98 Å². The second-order valence-electron chi connectivity index (χ2n) is 5.93. The van der Waals surface area contributed by atoms with Gasteiger partial charge in [0.15, 0.2) is 0 Å². The Morgan fingerprint density at radius 2 is 1.88 bits per heavy atom. The van der Waals surface area contributed by atoms with Crippen molar-refractivity contribution in [3.05, 3.63) is 82.9 Å². The van der Waals surface area contributed by atoms with Gasteiger partial charge >= 0.3 is 5.97 Å². The third-order valence-electron chi connectivity index (χ3n) is 4.24. The maximum atomic E-state index is 11.0. The summed E-state index contributed by atoms with van der Waals surface area (Å²) in [7, 11) is 0. The van der Waals surface area contributed by atoms with E-state index in [1.807, 2.05) is 38.1 Å². The van der Waals surface area contributed by atoms with Crippen LogP contribution in [0.2, 0.25) is 0 Å². The summed E-state index contributed by atoms with van der Waals surface area (Å²) in [5.41, 5.74) is 5.31. The van der Waals surface area contributed by atoms with Crippen LogP contribution in [0.15, 0.2) is 54.9 Å². The lowest BCUT2D eigenvalue weighted by molar-refractivity contribution is 0.0697. The molecule has 0 radical (unpaired) electrons. The molecule has 0 bridgehead atoms. The molecule has 5 heteroatoms. The molecule has 5 nitrogen and oxygen atoms in total. The number of carbonyl (C=O) groups is 1. The molecule has 0 atom stereocenters. The van der Waals surface area contributed by atoms with Gasteiger partial charge < -0.3 is 9.67 Å². The summed E-state index contributed by atoms with van der Waals surface area (Å²) in [6, 6.07) is 14.4. The number of hydrogen-bond donors (Lipinski definition) is 1. The van der Waals surface area contributed by atoms with Gasteiger partial charge in [-0.05, 0) is 61.4 Å². The first kappa shape index (κ1) is 17.2. The number of carboxylic acids is 1. The highest BCUT2D eigenvalue weighted by Gasteiger charge is 2.11. The summed E-state index contributed by atoms with van der Waals surface area (Å²) in [6.45, 7) is 4.00. The van der Waals surface area contributed by atoms with Crippen LogP contribution in [0.5, 0.6) is 0 Å². The van der Waals surface area contributed by atoms with Crippen molar-refractivity contribution in [2.75, 3.05) is 0 Å². The van der Waals surface area contributed by atoms with Crippen LogP contribution >= 0.6 is 0 Å². The number of pyridine rings is 1. The molecule has 0 aliphatic rings. The Bertz CT molecular complexity index is 1020. The zero-order chi connectivity index (χ0) is 18.7. The van der Waals surface area contributed by atoms with Gasteiger partial charge in [0.25, 0.3) is 0 Å². The van der Waals surface area contributed by atoms with Crippen molar-refractivity contribution in [1.29, 1.82) is 5.26 Å². The third-order valence-corrected chi connectivity index (χ3v) is 4.24. The van der Waals surface area contributed by atoms with Crippen LogP contribution < -0.4 is 0 Å². The van der Waals surface area contributed by atoms with Gasteiger partial charge in [0, 0.05) is 17.6 Å². The van der Waals surface area contributed by atoms with Crippen molar-refractivity contribution in [2.45, 2.75) is 13.8 Å². The normalized spacial score (nSPS) is 11.2. The highest BCUT2D eigenvalue weighted by atomic mass is 16.4. The summed E-state index contributed by atoms with van der Waals surface area (Å²) in [5, 5.41) is 18.5. The van der Waals surface area contributed by atoms with Gasteiger partial charge in [0.1, 0.15) is 0 Å². The molecule has 3 aromatic rings. The molecule has 0 saturated heterocycles. The number of nitriles is 1. The van der Waals surface area contributed by atoms with Gasteiger partial charge in [-0.2, -0.15) is 5.26 Å². The van der Waals surface area contributed by atoms with Gasteiger partial charge in [0.05, 0.1) is 29.1 Å². The molecule has 2 heterocycles. The topological polar surface area (TPSA) is 78.9 Å². The smallest absolute Gasteiger partial charge is 0.335 e. The molecule has 2 aromatic heterocycles. The molecule has 0 aliphatic heterocycles. The Hall–Kier alpha value is -3.65. The van der Waals surface area contributed by atoms with E-state index in [-0.39, 0.29) is 5.56 Å². The van der Waals surface area contributed by atoms with Crippen molar-refractivity contribution in [3.63, 3.8) is 0 Å². The average Bonchev–Trinajstić information content (AvgIpc) is 2.93. The molecule has 0 saturated carbocycles. The minimum atomic E-state index is -0.987. The van der Waals surface area contributed by atoms with Crippen molar-refractivity contribution in [3.8, 4) is 11.8 Å². The molecular formula is C21H17N3O2. The Morgan fingerprint density at radius 1 is 1.19 bits per heavy atom. The SMILES string of the molecule is Cc1cc(/C=C(/C#N)c2ccc(C(=O)O)cc2)c(C)n1-c1cccnc1. The summed E-state index contributed by atoms with van der Waals surface area (Å²) in [6.07, 6.45) is 5.35. The second kappa shape index (κ2) is 7.08. The predicted octanol–water partition coefficient (Wildman–Crippen LogP) is 4.25. The van der Waals surface area contributed by atoms with Crippen LogP contribution in [-0.4, -0.2) is 20.6 Å². The number of aryl methyl sites for hydroxylation is 1. The number of aromatic carboxylic acids is 1. The molecule has 0 fully saturated rings. The van der Waals surface area contributed by atoms with E-state index in [1.54, 1.807) is 24.5 Å². The van der Waals surface area contributed by atoms with E-state index in [9.17, 15) is 10.1 Å². The van der Waals surface area contributed by atoms with Crippen LogP contribution in [0.3, 0.4) is 0 Å². The minimum Gasteiger partial charge on any atom is -0.478 e. The van der Waals surface area contributed by atoms with Crippen molar-refractivity contribution >= 4 is 17.6 Å². The van der Waals surface area contributed by atoms with E-state index in [2.05, 4.69) is 15.6 Å². The van der Waals surface area contributed by atoms with Gasteiger partial charge in [-0.15, -0.1) is 0 Å². The zero-order valence-electron chi connectivity index (χ0n) is 14.5. The fourth-order valence-electron chi connectivity index (χ4n) is 2.95. The molecule has 3 rings (SSSR count). The van der Waals surface area contributed by atoms with E-state index >= 15 is 0 Å². The Kier molecular flexibility index (Phi) is 4.68. The summed E-state index contributed by atoms with van der Waals surface area (Å²) in [4.78, 5) is 15.1. The Balaban J connectivity index is 2.03. The number of allylic oxidation sites excluding steroid dienone is 1.